The second-order valence-corrected chi connectivity index (χ2v) is 5.42. The van der Waals surface area contributed by atoms with Gasteiger partial charge in [0.1, 0.15) is 5.76 Å². The lowest BCUT2D eigenvalue weighted by atomic mass is 9.85. The molecule has 3 rings (SSSR count). The van der Waals surface area contributed by atoms with Gasteiger partial charge in [0.15, 0.2) is 0 Å². The molecule has 0 aromatic heterocycles. The second-order valence-electron chi connectivity index (χ2n) is 5.42. The third-order valence-electron chi connectivity index (χ3n) is 3.98. The van der Waals surface area contributed by atoms with Gasteiger partial charge in [-0.15, -0.1) is 0 Å². The van der Waals surface area contributed by atoms with Crippen LogP contribution in [0, 0.1) is 11.3 Å². The van der Waals surface area contributed by atoms with Gasteiger partial charge in [-0.1, -0.05) is 60.7 Å². The number of benzene rings is 2. The normalized spacial score (nSPS) is 20.7. The standard InChI is InChI=1S/C20H19NO2/c1-2-22-19-13-17(15-9-5-3-6-10-15)18(14-21)20(23-19)16-11-7-4-8-12-16/h3-12,17,19H,2,13H2,1H3/t17-,19+/m1/s1. The van der Waals surface area contributed by atoms with Crippen LogP contribution in [0.15, 0.2) is 66.2 Å². The molecule has 3 nitrogen and oxygen atoms in total. The van der Waals surface area contributed by atoms with Crippen molar-refractivity contribution in [1.29, 1.82) is 5.26 Å². The Morgan fingerprint density at radius 2 is 1.74 bits per heavy atom. The smallest absolute Gasteiger partial charge is 0.200 e. The second kappa shape index (κ2) is 7.13. The molecule has 0 radical (unpaired) electrons. The molecule has 0 amide bonds. The van der Waals surface area contributed by atoms with E-state index in [1.165, 1.54) is 0 Å². The first kappa shape index (κ1) is 15.3. The maximum atomic E-state index is 9.74. The maximum Gasteiger partial charge on any atom is 0.200 e. The van der Waals surface area contributed by atoms with Gasteiger partial charge >= 0.3 is 0 Å². The van der Waals surface area contributed by atoms with E-state index in [0.29, 0.717) is 24.4 Å². The summed E-state index contributed by atoms with van der Waals surface area (Å²) >= 11 is 0. The van der Waals surface area contributed by atoms with Gasteiger partial charge < -0.3 is 9.47 Å². The summed E-state index contributed by atoms with van der Waals surface area (Å²) in [6.45, 7) is 2.53. The molecule has 0 unspecified atom stereocenters. The van der Waals surface area contributed by atoms with Crippen molar-refractivity contribution in [3.63, 3.8) is 0 Å². The summed E-state index contributed by atoms with van der Waals surface area (Å²) in [5.41, 5.74) is 2.69. The summed E-state index contributed by atoms with van der Waals surface area (Å²) in [6.07, 6.45) is 0.314. The van der Waals surface area contributed by atoms with Gasteiger partial charge in [-0.05, 0) is 12.5 Å². The number of hydrogen-bond donors (Lipinski definition) is 0. The summed E-state index contributed by atoms with van der Waals surface area (Å²) in [5, 5.41) is 9.74. The maximum absolute atomic E-state index is 9.74. The molecule has 1 heterocycles. The van der Waals surface area contributed by atoms with E-state index >= 15 is 0 Å². The molecule has 1 aliphatic heterocycles. The molecule has 2 aromatic carbocycles. The van der Waals surface area contributed by atoms with Crippen molar-refractivity contribution in [3.8, 4) is 6.07 Å². The van der Waals surface area contributed by atoms with Gasteiger partial charge in [-0.25, -0.2) is 0 Å². The van der Waals surface area contributed by atoms with Crippen LogP contribution in [-0.4, -0.2) is 12.9 Å². The highest BCUT2D eigenvalue weighted by Gasteiger charge is 2.32. The average Bonchev–Trinajstić information content (AvgIpc) is 2.63. The molecule has 0 N–H and O–H groups in total. The van der Waals surface area contributed by atoms with E-state index in [-0.39, 0.29) is 12.2 Å². The zero-order valence-corrected chi connectivity index (χ0v) is 13.1. The molecular formula is C20H19NO2. The molecule has 0 saturated carbocycles. The van der Waals surface area contributed by atoms with Crippen LogP contribution in [0.3, 0.4) is 0 Å². The number of ether oxygens (including phenoxy) is 2. The summed E-state index contributed by atoms with van der Waals surface area (Å²) in [7, 11) is 0. The lowest BCUT2D eigenvalue weighted by Gasteiger charge is -2.32. The Kier molecular flexibility index (Phi) is 4.75. The lowest BCUT2D eigenvalue weighted by Crippen LogP contribution is -2.26. The fourth-order valence-electron chi connectivity index (χ4n) is 2.93. The van der Waals surface area contributed by atoms with Crippen LogP contribution in [0.1, 0.15) is 30.4 Å². The molecule has 0 fully saturated rings. The van der Waals surface area contributed by atoms with E-state index in [0.717, 1.165) is 11.1 Å². The summed E-state index contributed by atoms with van der Waals surface area (Å²) < 4.78 is 11.7. The highest BCUT2D eigenvalue weighted by Crippen LogP contribution is 2.40. The SMILES string of the molecule is CCO[C@@H]1C[C@H](c2ccccc2)C(C#N)=C(c2ccccc2)O1. The fraction of sp³-hybridized carbons (Fsp3) is 0.250. The molecule has 23 heavy (non-hydrogen) atoms. The van der Waals surface area contributed by atoms with Crippen LogP contribution in [0.25, 0.3) is 5.76 Å². The molecular weight excluding hydrogens is 286 g/mol. The van der Waals surface area contributed by atoms with Crippen LogP contribution in [-0.2, 0) is 9.47 Å². The largest absolute Gasteiger partial charge is 0.463 e. The van der Waals surface area contributed by atoms with Crippen LogP contribution >= 0.6 is 0 Å². The number of allylic oxidation sites excluding steroid dienone is 1. The molecule has 0 saturated heterocycles. The number of hydrogen-bond acceptors (Lipinski definition) is 3. The van der Waals surface area contributed by atoms with E-state index in [2.05, 4.69) is 18.2 Å². The van der Waals surface area contributed by atoms with Crippen molar-refractivity contribution < 1.29 is 9.47 Å². The minimum absolute atomic E-state index is 0.0123. The number of rotatable bonds is 4. The minimum atomic E-state index is -0.336. The number of nitrogens with zero attached hydrogens (tertiary/aromatic N) is 1. The van der Waals surface area contributed by atoms with Crippen LogP contribution in [0.4, 0.5) is 0 Å². The van der Waals surface area contributed by atoms with Crippen molar-refractivity contribution in [2.75, 3.05) is 6.61 Å². The van der Waals surface area contributed by atoms with E-state index in [1.807, 2.05) is 55.5 Å². The third-order valence-corrected chi connectivity index (χ3v) is 3.98. The Morgan fingerprint density at radius 3 is 2.35 bits per heavy atom. The van der Waals surface area contributed by atoms with Crippen molar-refractivity contribution in [2.24, 2.45) is 0 Å². The fourth-order valence-corrected chi connectivity index (χ4v) is 2.93. The summed E-state index contributed by atoms with van der Waals surface area (Å²) in [6, 6.07) is 22.2. The minimum Gasteiger partial charge on any atom is -0.463 e. The van der Waals surface area contributed by atoms with Gasteiger partial charge in [0, 0.05) is 24.5 Å². The average molecular weight is 305 g/mol. The molecule has 0 aliphatic carbocycles. The Hall–Kier alpha value is -2.57. The highest BCUT2D eigenvalue weighted by molar-refractivity contribution is 5.69. The Bertz CT molecular complexity index is 716. The van der Waals surface area contributed by atoms with E-state index in [9.17, 15) is 5.26 Å². The van der Waals surface area contributed by atoms with E-state index in [1.54, 1.807) is 0 Å². The molecule has 0 spiro atoms. The molecule has 2 atom stereocenters. The predicted octanol–water partition coefficient (Wildman–Crippen LogP) is 4.49. The Labute approximate surface area is 136 Å². The van der Waals surface area contributed by atoms with Crippen molar-refractivity contribution in [3.05, 3.63) is 77.4 Å². The van der Waals surface area contributed by atoms with Crippen molar-refractivity contribution >= 4 is 5.76 Å². The molecule has 2 aromatic rings. The zero-order chi connectivity index (χ0) is 16.1. The van der Waals surface area contributed by atoms with Gasteiger partial charge in [-0.3, -0.25) is 0 Å². The molecule has 116 valence electrons. The zero-order valence-electron chi connectivity index (χ0n) is 13.1. The van der Waals surface area contributed by atoms with Crippen LogP contribution < -0.4 is 0 Å². The van der Waals surface area contributed by atoms with Gasteiger partial charge in [-0.2, -0.15) is 5.26 Å². The molecule has 3 heteroatoms. The molecule has 1 aliphatic rings. The van der Waals surface area contributed by atoms with Gasteiger partial charge in [0.2, 0.25) is 6.29 Å². The summed E-state index contributed by atoms with van der Waals surface area (Å²) in [4.78, 5) is 0. The third kappa shape index (κ3) is 3.28. The van der Waals surface area contributed by atoms with E-state index < -0.39 is 0 Å². The highest BCUT2D eigenvalue weighted by atomic mass is 16.7. The van der Waals surface area contributed by atoms with Crippen molar-refractivity contribution in [1.82, 2.24) is 0 Å². The molecule has 0 bridgehead atoms. The predicted molar refractivity (Wildman–Crippen MR) is 89.3 cm³/mol. The first-order valence-electron chi connectivity index (χ1n) is 7.86. The first-order valence-corrected chi connectivity index (χ1v) is 7.86. The first-order chi connectivity index (χ1) is 11.3. The van der Waals surface area contributed by atoms with Crippen LogP contribution in [0.2, 0.25) is 0 Å². The lowest BCUT2D eigenvalue weighted by molar-refractivity contribution is -0.104. The summed E-state index contributed by atoms with van der Waals surface area (Å²) in [5.74, 6) is 0.619. The van der Waals surface area contributed by atoms with Gasteiger partial charge in [0.05, 0.1) is 11.6 Å². The van der Waals surface area contributed by atoms with E-state index in [4.69, 9.17) is 9.47 Å². The quantitative estimate of drug-likeness (QED) is 0.836. The van der Waals surface area contributed by atoms with Crippen LogP contribution in [0.5, 0.6) is 0 Å². The Morgan fingerprint density at radius 1 is 1.09 bits per heavy atom. The topological polar surface area (TPSA) is 42.2 Å². The van der Waals surface area contributed by atoms with Gasteiger partial charge in [0.25, 0.3) is 0 Å². The number of nitriles is 1. The monoisotopic (exact) mass is 305 g/mol. The van der Waals surface area contributed by atoms with Crippen molar-refractivity contribution in [2.45, 2.75) is 25.6 Å². The Balaban J connectivity index is 2.08.